The predicted molar refractivity (Wildman–Crippen MR) is 72.8 cm³/mol. The third-order valence-corrected chi connectivity index (χ3v) is 2.55. The van der Waals surface area contributed by atoms with Gasteiger partial charge in [-0.15, -0.1) is 0 Å². The van der Waals surface area contributed by atoms with Crippen molar-refractivity contribution in [3.8, 4) is 0 Å². The number of ether oxygens (including phenoxy) is 1. The number of benzene rings is 1. The predicted octanol–water partition coefficient (Wildman–Crippen LogP) is 1.32. The molecule has 0 spiro atoms. The molecule has 0 aliphatic carbocycles. The quantitative estimate of drug-likeness (QED) is 0.754. The number of rotatable bonds is 5. The lowest BCUT2D eigenvalue weighted by Crippen LogP contribution is -2.27. The van der Waals surface area contributed by atoms with E-state index in [9.17, 15) is 14.4 Å². The third kappa shape index (κ3) is 4.06. The van der Waals surface area contributed by atoms with Crippen LogP contribution in [0.3, 0.4) is 0 Å². The van der Waals surface area contributed by atoms with E-state index in [1.807, 2.05) is 0 Å². The van der Waals surface area contributed by atoms with Crippen LogP contribution in [-0.4, -0.2) is 36.1 Å². The number of amides is 2. The Hall–Kier alpha value is -2.41. The Kier molecular flexibility index (Phi) is 5.22. The summed E-state index contributed by atoms with van der Waals surface area (Å²) >= 11 is 0. The zero-order valence-electron chi connectivity index (χ0n) is 11.4. The maximum absolute atomic E-state index is 11.7. The molecule has 0 bridgehead atoms. The first-order valence-corrected chi connectivity index (χ1v) is 5.83. The van der Waals surface area contributed by atoms with Crippen LogP contribution in [0, 0.1) is 0 Å². The fourth-order valence-corrected chi connectivity index (χ4v) is 1.45. The van der Waals surface area contributed by atoms with Crippen molar-refractivity contribution < 1.29 is 24.2 Å². The Morgan fingerprint density at radius 1 is 1.25 bits per heavy atom. The molecule has 0 saturated heterocycles. The number of nitrogens with one attached hydrogen (secondary N) is 2. The van der Waals surface area contributed by atoms with E-state index in [2.05, 4.69) is 10.6 Å². The summed E-state index contributed by atoms with van der Waals surface area (Å²) < 4.78 is 4.84. The molecule has 0 aliphatic rings. The third-order valence-electron chi connectivity index (χ3n) is 2.55. The van der Waals surface area contributed by atoms with Gasteiger partial charge >= 0.3 is 5.97 Å². The molecule has 3 N–H and O–H groups in total. The molecule has 0 aliphatic heterocycles. The molecular weight excluding hydrogens is 264 g/mol. The molecule has 1 atom stereocenters. The van der Waals surface area contributed by atoms with Crippen LogP contribution >= 0.6 is 0 Å². The van der Waals surface area contributed by atoms with Gasteiger partial charge in [0.25, 0.3) is 5.91 Å². The zero-order valence-corrected chi connectivity index (χ0v) is 11.4. The van der Waals surface area contributed by atoms with Crippen molar-refractivity contribution in [3.05, 3.63) is 23.8 Å². The molecule has 1 rings (SSSR count). The number of hydrogen-bond donors (Lipinski definition) is 3. The summed E-state index contributed by atoms with van der Waals surface area (Å²) in [4.78, 5) is 33.8. The maximum Gasteiger partial charge on any atom is 0.337 e. The Bertz CT molecular complexity index is 542. The summed E-state index contributed by atoms with van der Waals surface area (Å²) in [5, 5.41) is 14.1. The normalized spacial score (nSPS) is 11.6. The van der Waals surface area contributed by atoms with E-state index in [1.54, 1.807) is 6.92 Å². The topological polar surface area (TPSA) is 105 Å². The smallest absolute Gasteiger partial charge is 0.337 e. The Morgan fingerprint density at radius 3 is 2.40 bits per heavy atom. The van der Waals surface area contributed by atoms with Crippen LogP contribution in [0.15, 0.2) is 18.2 Å². The zero-order chi connectivity index (χ0) is 15.3. The van der Waals surface area contributed by atoms with Crippen molar-refractivity contribution in [3.63, 3.8) is 0 Å². The van der Waals surface area contributed by atoms with Crippen LogP contribution in [0.25, 0.3) is 0 Å². The van der Waals surface area contributed by atoms with Gasteiger partial charge in [-0.25, -0.2) is 4.79 Å². The highest BCUT2D eigenvalue weighted by Crippen LogP contribution is 2.21. The van der Waals surface area contributed by atoms with Crippen molar-refractivity contribution in [2.75, 3.05) is 17.7 Å². The van der Waals surface area contributed by atoms with Crippen LogP contribution in [0.5, 0.6) is 0 Å². The molecule has 2 amide bonds. The van der Waals surface area contributed by atoms with Gasteiger partial charge in [0.2, 0.25) is 5.91 Å². The molecule has 0 aromatic heterocycles. The van der Waals surface area contributed by atoms with E-state index in [0.717, 1.165) is 0 Å². The Balaban J connectivity index is 3.04. The van der Waals surface area contributed by atoms with Gasteiger partial charge in [0.1, 0.15) is 6.10 Å². The number of carboxylic acid groups (broad SMARTS) is 1. The second kappa shape index (κ2) is 6.67. The lowest BCUT2D eigenvalue weighted by Gasteiger charge is -2.13. The summed E-state index contributed by atoms with van der Waals surface area (Å²) in [5.41, 5.74) is 0.362. The molecule has 1 unspecified atom stereocenters. The van der Waals surface area contributed by atoms with E-state index in [1.165, 1.54) is 32.2 Å². The van der Waals surface area contributed by atoms with E-state index in [0.29, 0.717) is 5.69 Å². The second-order valence-corrected chi connectivity index (χ2v) is 4.11. The molecule has 0 fully saturated rings. The highest BCUT2D eigenvalue weighted by atomic mass is 16.5. The first-order valence-electron chi connectivity index (χ1n) is 5.83. The first kappa shape index (κ1) is 15.6. The van der Waals surface area contributed by atoms with E-state index in [-0.39, 0.29) is 17.2 Å². The van der Waals surface area contributed by atoms with E-state index < -0.39 is 18.0 Å². The summed E-state index contributed by atoms with van der Waals surface area (Å²) in [5.74, 6) is -1.98. The highest BCUT2D eigenvalue weighted by Gasteiger charge is 2.17. The number of carbonyl (C=O) groups excluding carboxylic acids is 2. The van der Waals surface area contributed by atoms with Crippen LogP contribution < -0.4 is 10.6 Å². The molecule has 0 radical (unpaired) electrons. The fourth-order valence-electron chi connectivity index (χ4n) is 1.45. The van der Waals surface area contributed by atoms with Gasteiger partial charge in [0.15, 0.2) is 0 Å². The van der Waals surface area contributed by atoms with Gasteiger partial charge in [-0.1, -0.05) is 0 Å². The summed E-state index contributed by atoms with van der Waals surface area (Å²) in [6, 6.07) is 4.19. The van der Waals surface area contributed by atoms with Crippen molar-refractivity contribution >= 4 is 29.2 Å². The van der Waals surface area contributed by atoms with E-state index >= 15 is 0 Å². The van der Waals surface area contributed by atoms with Crippen LogP contribution in [0.1, 0.15) is 24.2 Å². The fraction of sp³-hybridized carbons (Fsp3) is 0.308. The number of hydrogen-bond acceptors (Lipinski definition) is 4. The van der Waals surface area contributed by atoms with Crippen LogP contribution in [-0.2, 0) is 14.3 Å². The lowest BCUT2D eigenvalue weighted by molar-refractivity contribution is -0.124. The molecule has 108 valence electrons. The minimum absolute atomic E-state index is 0.118. The van der Waals surface area contributed by atoms with Crippen molar-refractivity contribution in [1.29, 1.82) is 0 Å². The monoisotopic (exact) mass is 280 g/mol. The molecule has 7 heteroatoms. The Labute approximate surface area is 115 Å². The summed E-state index contributed by atoms with van der Waals surface area (Å²) in [6.07, 6.45) is -0.702. The van der Waals surface area contributed by atoms with Gasteiger partial charge in [-0.05, 0) is 25.1 Å². The number of aromatic carboxylic acids is 1. The average molecular weight is 280 g/mol. The molecule has 1 aromatic carbocycles. The maximum atomic E-state index is 11.7. The van der Waals surface area contributed by atoms with Gasteiger partial charge in [-0.2, -0.15) is 0 Å². The van der Waals surface area contributed by atoms with E-state index in [4.69, 9.17) is 9.84 Å². The Morgan fingerprint density at radius 2 is 1.90 bits per heavy atom. The number of carboxylic acids is 1. The average Bonchev–Trinajstić information content (AvgIpc) is 2.38. The van der Waals surface area contributed by atoms with Crippen molar-refractivity contribution in [1.82, 2.24) is 0 Å². The molecule has 7 nitrogen and oxygen atoms in total. The standard InChI is InChI=1S/C13H16N2O5/c1-7(20-3)12(17)15-11-5-4-9(14-8(2)16)6-10(11)13(18)19/h4-7H,1-3H3,(H,14,16)(H,15,17)(H,18,19). The number of methoxy groups -OCH3 is 1. The molecule has 1 aromatic rings. The SMILES string of the molecule is COC(C)C(=O)Nc1ccc(NC(C)=O)cc1C(=O)O. The van der Waals surface area contributed by atoms with Gasteiger partial charge in [0.05, 0.1) is 11.3 Å². The minimum atomic E-state index is -1.21. The summed E-state index contributed by atoms with van der Waals surface area (Å²) in [6.45, 7) is 2.86. The van der Waals surface area contributed by atoms with Crippen molar-refractivity contribution in [2.24, 2.45) is 0 Å². The minimum Gasteiger partial charge on any atom is -0.478 e. The highest BCUT2D eigenvalue weighted by molar-refractivity contribution is 6.03. The summed E-state index contributed by atoms with van der Waals surface area (Å²) in [7, 11) is 1.38. The van der Waals surface area contributed by atoms with Gasteiger partial charge < -0.3 is 20.5 Å². The number of carbonyl (C=O) groups is 3. The van der Waals surface area contributed by atoms with Crippen molar-refractivity contribution in [2.45, 2.75) is 20.0 Å². The first-order chi connectivity index (χ1) is 9.35. The van der Waals surface area contributed by atoms with Gasteiger partial charge in [-0.3, -0.25) is 9.59 Å². The molecular formula is C13H16N2O5. The van der Waals surface area contributed by atoms with Gasteiger partial charge in [0, 0.05) is 19.7 Å². The largest absolute Gasteiger partial charge is 0.478 e. The molecule has 0 saturated carbocycles. The lowest BCUT2D eigenvalue weighted by atomic mass is 10.1. The second-order valence-electron chi connectivity index (χ2n) is 4.11. The number of anilines is 2. The molecule has 20 heavy (non-hydrogen) atoms. The van der Waals surface area contributed by atoms with Crippen LogP contribution in [0.2, 0.25) is 0 Å². The molecule has 0 heterocycles. The van der Waals surface area contributed by atoms with Crippen LogP contribution in [0.4, 0.5) is 11.4 Å².